The zero-order valence-electron chi connectivity index (χ0n) is 33.6. The van der Waals surface area contributed by atoms with Crippen molar-refractivity contribution < 1.29 is 7.58 Å². The van der Waals surface area contributed by atoms with E-state index in [0.717, 1.165) is 33.8 Å². The van der Waals surface area contributed by atoms with Gasteiger partial charge in [0.05, 0.1) is 0 Å². The van der Waals surface area contributed by atoms with Crippen LogP contribution in [0, 0.1) is 0 Å². The Kier molecular flexibility index (Phi) is 15.7. The Morgan fingerprint density at radius 3 is 1.13 bits per heavy atom. The number of halogens is 4. The molecule has 0 aliphatic heterocycles. The van der Waals surface area contributed by atoms with Crippen molar-refractivity contribution in [2.45, 2.75) is 105 Å². The third kappa shape index (κ3) is 14.0. The number of nitrogen functional groups attached to an aromatic ring is 2. The molecule has 0 unspecified atom stereocenters. The number of hydrogen-bond acceptors (Lipinski definition) is 6. The number of anilines is 2. The first-order valence-corrected chi connectivity index (χ1v) is 31.5. The van der Waals surface area contributed by atoms with E-state index in [1.165, 1.54) is 11.1 Å². The molecule has 54 heavy (non-hydrogen) atoms. The predicted octanol–water partition coefficient (Wildman–Crippen LogP) is 12.9. The summed E-state index contributed by atoms with van der Waals surface area (Å²) in [5.74, 6) is 1.54. The molecule has 4 aromatic carbocycles. The average Bonchev–Trinajstić information content (AvgIpc) is 3.01. The molecule has 6 nitrogen and oxygen atoms in total. The van der Waals surface area contributed by atoms with Crippen molar-refractivity contribution in [2.75, 3.05) is 11.5 Å². The first-order chi connectivity index (χ1) is 24.7. The van der Waals surface area contributed by atoms with Crippen molar-refractivity contribution in [1.82, 2.24) is 0 Å². The van der Waals surface area contributed by atoms with Crippen LogP contribution in [0.3, 0.4) is 0 Å². The summed E-state index contributed by atoms with van der Waals surface area (Å²) in [6.45, 7) is 26.6. The van der Waals surface area contributed by atoms with Crippen molar-refractivity contribution >= 4 is 101 Å². The molecule has 4 aromatic rings. The van der Waals surface area contributed by atoms with Crippen LogP contribution in [0.1, 0.15) is 116 Å². The molecule has 0 aromatic heterocycles. The normalized spacial score (nSPS) is 12.7. The minimum absolute atomic E-state index is 0.0803. The van der Waals surface area contributed by atoms with E-state index in [1.54, 1.807) is 0 Å². The molecular formula is C42H54AlCl4GaN4O2. The molecule has 0 heterocycles. The third-order valence-corrected chi connectivity index (χ3v) is 9.14. The molecule has 0 fully saturated rings. The zero-order chi connectivity index (χ0) is 40.9. The van der Waals surface area contributed by atoms with E-state index in [-0.39, 0.29) is 21.7 Å². The summed E-state index contributed by atoms with van der Waals surface area (Å²) in [5, 5.41) is 0. The molecule has 0 radical (unpaired) electrons. The molecule has 0 bridgehead atoms. The summed E-state index contributed by atoms with van der Waals surface area (Å²) >= 11 is -4.22. The van der Waals surface area contributed by atoms with Gasteiger partial charge >= 0.3 is 352 Å². The maximum atomic E-state index is 6.76. The molecule has 0 spiro atoms. The van der Waals surface area contributed by atoms with Crippen molar-refractivity contribution in [2.24, 2.45) is 9.98 Å². The number of nitrogens with zero attached hydrogens (tertiary/aromatic N) is 2. The standard InChI is InChI=1S/2C21H28N2O.Al.4ClH.Ga/c2*1-20(2,3)15-11-14(19(24)16(12-15)21(4,5)6)13-23-18-10-8-7-9-17(18)22;;;;;;/h2*7-13,24H,22H2,1-6H3;;4*1H;/q;;+3;;;;;+3/p-6. The van der Waals surface area contributed by atoms with Gasteiger partial charge < -0.3 is 0 Å². The summed E-state index contributed by atoms with van der Waals surface area (Å²) in [4.78, 5) is 9.63. The summed E-state index contributed by atoms with van der Waals surface area (Å²) in [6.07, 6.45) is 3.73. The van der Waals surface area contributed by atoms with E-state index in [0.29, 0.717) is 22.7 Å². The molecule has 12 heteroatoms. The predicted molar refractivity (Wildman–Crippen MR) is 240 cm³/mol. The van der Waals surface area contributed by atoms with Gasteiger partial charge in [0.1, 0.15) is 0 Å². The van der Waals surface area contributed by atoms with Gasteiger partial charge in [-0.1, -0.05) is 0 Å². The molecule has 0 aliphatic carbocycles. The number of para-hydroxylation sites is 4. The van der Waals surface area contributed by atoms with Crippen LogP contribution >= 0.6 is 38.6 Å². The number of hydrogen-bond donors (Lipinski definition) is 2. The fourth-order valence-corrected chi connectivity index (χ4v) is 6.11. The van der Waals surface area contributed by atoms with E-state index >= 15 is 0 Å². The summed E-state index contributed by atoms with van der Waals surface area (Å²) in [5.41, 5.74) is 21.0. The van der Waals surface area contributed by atoms with Crippen LogP contribution < -0.4 is 19.0 Å². The summed E-state index contributed by atoms with van der Waals surface area (Å²) in [7, 11) is 20.1. The Morgan fingerprint density at radius 2 is 0.852 bits per heavy atom. The second-order valence-electron chi connectivity index (χ2n) is 17.3. The van der Waals surface area contributed by atoms with Gasteiger partial charge in [0.15, 0.2) is 0 Å². The van der Waals surface area contributed by atoms with Gasteiger partial charge in [-0.2, -0.15) is 0 Å². The van der Waals surface area contributed by atoms with E-state index in [1.807, 2.05) is 61.0 Å². The molecular weight excluding hydrogens is 831 g/mol. The van der Waals surface area contributed by atoms with Gasteiger partial charge in [-0.05, 0) is 0 Å². The molecule has 0 atom stereocenters. The van der Waals surface area contributed by atoms with Crippen LogP contribution in [-0.4, -0.2) is 39.3 Å². The van der Waals surface area contributed by atoms with Crippen LogP contribution in [0.25, 0.3) is 0 Å². The first-order valence-electron chi connectivity index (χ1n) is 17.8. The van der Waals surface area contributed by atoms with Crippen LogP contribution in [-0.2, 0) is 21.7 Å². The van der Waals surface area contributed by atoms with Gasteiger partial charge in [-0.25, -0.2) is 0 Å². The molecule has 0 aliphatic rings. The quantitative estimate of drug-likeness (QED) is 0.105. The number of benzene rings is 4. The van der Waals surface area contributed by atoms with E-state index in [4.69, 9.17) is 67.6 Å². The Balaban J connectivity index is 0.00000147. The summed E-state index contributed by atoms with van der Waals surface area (Å²) in [6, 6.07) is 24.1. The van der Waals surface area contributed by atoms with Gasteiger partial charge in [0.2, 0.25) is 0 Å². The Hall–Kier alpha value is -2.25. The SMILES string of the molecule is CC(C)(C)c1cc(C=Nc2ccccc2N)c([O][Al+][O]c2c(C=Nc3ccccc3N)cc(C(C)(C)C)cc2C(C)(C)C)c(C(C)(C)C)c1.[Cl][Ga-]([Cl])([Cl])[Cl]. The van der Waals surface area contributed by atoms with Crippen molar-refractivity contribution in [3.8, 4) is 11.5 Å². The fourth-order valence-electron chi connectivity index (χ4n) is 5.35. The Labute approximate surface area is 349 Å². The van der Waals surface area contributed by atoms with Crippen molar-refractivity contribution in [1.29, 1.82) is 0 Å². The van der Waals surface area contributed by atoms with Crippen LogP contribution in [0.15, 0.2) is 82.8 Å². The van der Waals surface area contributed by atoms with Gasteiger partial charge in [-0.3, -0.25) is 0 Å². The topological polar surface area (TPSA) is 95.2 Å². The van der Waals surface area contributed by atoms with Gasteiger partial charge in [-0.15, -0.1) is 0 Å². The second-order valence-corrected chi connectivity index (χ2v) is 40.7. The molecule has 4 rings (SSSR count). The number of aliphatic imine (C=N–C) groups is 2. The number of nitrogens with two attached hydrogens (primary N) is 2. The van der Waals surface area contributed by atoms with Gasteiger partial charge in [0, 0.05) is 0 Å². The third-order valence-electron chi connectivity index (χ3n) is 8.47. The number of rotatable bonds is 8. The molecule has 0 saturated carbocycles. The average molecular weight is 885 g/mol. The monoisotopic (exact) mass is 882 g/mol. The van der Waals surface area contributed by atoms with Crippen molar-refractivity contribution in [3.05, 3.63) is 106 Å². The van der Waals surface area contributed by atoms with E-state index in [2.05, 4.69) is 107 Å². The molecule has 4 N–H and O–H groups in total. The van der Waals surface area contributed by atoms with E-state index in [9.17, 15) is 0 Å². The first kappa shape index (κ1) is 46.1. The van der Waals surface area contributed by atoms with Gasteiger partial charge in [0.25, 0.3) is 0 Å². The van der Waals surface area contributed by atoms with Crippen LogP contribution in [0.4, 0.5) is 22.7 Å². The Bertz CT molecular complexity index is 1830. The summed E-state index contributed by atoms with van der Waals surface area (Å²) < 4.78 is 13.5. The van der Waals surface area contributed by atoms with E-state index < -0.39 is 26.9 Å². The molecule has 0 saturated heterocycles. The van der Waals surface area contributed by atoms with Crippen molar-refractivity contribution in [3.63, 3.8) is 0 Å². The van der Waals surface area contributed by atoms with Crippen LogP contribution in [0.5, 0.6) is 11.5 Å². The zero-order valence-corrected chi connectivity index (χ0v) is 40.2. The minimum atomic E-state index is -3.24. The maximum absolute atomic E-state index is 6.76. The van der Waals surface area contributed by atoms with Crippen LogP contribution in [0.2, 0.25) is 0 Å². The Morgan fingerprint density at radius 1 is 0.537 bits per heavy atom. The fraction of sp³-hybridized carbons (Fsp3) is 0.381. The molecule has 0 amide bonds. The second kappa shape index (κ2) is 18.3. The molecule has 288 valence electrons.